The summed E-state index contributed by atoms with van der Waals surface area (Å²) in [5.41, 5.74) is 5.70. The van der Waals surface area contributed by atoms with Crippen molar-refractivity contribution in [2.75, 3.05) is 10.0 Å². The third-order valence-corrected chi connectivity index (χ3v) is 3.90. The number of aromatic nitrogens is 2. The van der Waals surface area contributed by atoms with Gasteiger partial charge in [-0.05, 0) is 18.2 Å². The quantitative estimate of drug-likeness (QED) is 0.662. The lowest BCUT2D eigenvalue weighted by Crippen LogP contribution is -2.19. The lowest BCUT2D eigenvalue weighted by atomic mass is 10.3. The number of nitrogens with one attached hydrogen (secondary N) is 3. The Kier molecular flexibility index (Phi) is 4.13. The summed E-state index contributed by atoms with van der Waals surface area (Å²) in [5, 5.41) is 2.35. The minimum Gasteiger partial charge on any atom is -0.351 e. The molecule has 0 fully saturated rings. The topological polar surface area (TPSA) is 130 Å². The van der Waals surface area contributed by atoms with E-state index in [0.29, 0.717) is 23.6 Å². The number of rotatable bonds is 5. The monoisotopic (exact) mass is 309 g/mol. The number of sulfonamides is 1. The molecule has 0 saturated heterocycles. The number of aryl methyl sites for hydroxylation is 1. The fourth-order valence-electron chi connectivity index (χ4n) is 1.67. The van der Waals surface area contributed by atoms with Gasteiger partial charge in [-0.1, -0.05) is 13.0 Å². The molecule has 9 heteroatoms. The fraction of sp³-hybridized carbons (Fsp3) is 0.167. The highest BCUT2D eigenvalue weighted by molar-refractivity contribution is 7.92. The largest absolute Gasteiger partial charge is 0.351 e. The second-order valence-corrected chi connectivity index (χ2v) is 5.87. The van der Waals surface area contributed by atoms with Gasteiger partial charge < -0.3 is 16.0 Å². The number of urea groups is 1. The van der Waals surface area contributed by atoms with Crippen LogP contribution in [0.2, 0.25) is 0 Å². The van der Waals surface area contributed by atoms with Crippen molar-refractivity contribution >= 4 is 27.4 Å². The number of imidazole rings is 1. The minimum absolute atomic E-state index is 0.0207. The van der Waals surface area contributed by atoms with Crippen molar-refractivity contribution in [3.63, 3.8) is 0 Å². The Bertz CT molecular complexity index is 754. The number of amides is 2. The summed E-state index contributed by atoms with van der Waals surface area (Å²) in [4.78, 5) is 17.5. The Morgan fingerprint density at radius 2 is 2.10 bits per heavy atom. The Hall–Kier alpha value is -2.55. The number of aromatic amines is 1. The predicted octanol–water partition coefficient (Wildman–Crippen LogP) is 1.26. The molecule has 0 saturated carbocycles. The highest BCUT2D eigenvalue weighted by Crippen LogP contribution is 2.18. The molecule has 2 amide bonds. The van der Waals surface area contributed by atoms with E-state index in [1.165, 1.54) is 12.3 Å². The van der Waals surface area contributed by atoms with Gasteiger partial charge in [0.2, 0.25) is 0 Å². The van der Waals surface area contributed by atoms with Crippen molar-refractivity contribution in [2.24, 2.45) is 5.73 Å². The molecule has 0 aliphatic heterocycles. The van der Waals surface area contributed by atoms with Crippen LogP contribution in [0.25, 0.3) is 0 Å². The maximum Gasteiger partial charge on any atom is 0.316 e. The van der Waals surface area contributed by atoms with E-state index in [0.717, 1.165) is 0 Å². The highest BCUT2D eigenvalue weighted by atomic mass is 32.2. The highest BCUT2D eigenvalue weighted by Gasteiger charge is 2.17. The van der Waals surface area contributed by atoms with Gasteiger partial charge in [-0.3, -0.25) is 4.72 Å². The zero-order chi connectivity index (χ0) is 15.5. The Morgan fingerprint density at radius 1 is 1.38 bits per heavy atom. The number of H-pyrrole nitrogens is 1. The molecule has 0 bridgehead atoms. The molecule has 1 heterocycles. The Balaban J connectivity index is 2.22. The molecule has 0 aliphatic carbocycles. The van der Waals surface area contributed by atoms with Crippen LogP contribution < -0.4 is 15.8 Å². The Labute approximate surface area is 121 Å². The SMILES string of the molecule is CCc1ncc(S(=O)(=O)Nc2cccc(NC(N)=O)c2)[nH]1. The van der Waals surface area contributed by atoms with Gasteiger partial charge >= 0.3 is 6.03 Å². The van der Waals surface area contributed by atoms with E-state index >= 15 is 0 Å². The standard InChI is InChI=1S/C12H15N5O3S/c1-2-10-14-7-11(16-10)21(19,20)17-9-5-3-4-8(6-9)15-12(13)18/h3-7,17H,2H2,1H3,(H,14,16)(H3,13,15,18). The van der Waals surface area contributed by atoms with Crippen molar-refractivity contribution < 1.29 is 13.2 Å². The van der Waals surface area contributed by atoms with Crippen molar-refractivity contribution in [2.45, 2.75) is 18.4 Å². The molecule has 0 spiro atoms. The molecule has 1 aromatic carbocycles. The summed E-state index contributed by atoms with van der Waals surface area (Å²) < 4.78 is 26.7. The average molecular weight is 309 g/mol. The molecule has 0 radical (unpaired) electrons. The number of carbonyl (C=O) groups excluding carboxylic acids is 1. The second kappa shape index (κ2) is 5.83. The van der Waals surface area contributed by atoms with Gasteiger partial charge in [0.25, 0.3) is 10.0 Å². The van der Waals surface area contributed by atoms with Gasteiger partial charge in [-0.2, -0.15) is 8.42 Å². The molecule has 2 rings (SSSR count). The minimum atomic E-state index is -3.76. The summed E-state index contributed by atoms with van der Waals surface area (Å²) >= 11 is 0. The summed E-state index contributed by atoms with van der Waals surface area (Å²) in [5.74, 6) is 0.583. The molecule has 0 unspecified atom stereocenters. The van der Waals surface area contributed by atoms with Crippen molar-refractivity contribution in [1.82, 2.24) is 9.97 Å². The van der Waals surface area contributed by atoms with Crippen LogP contribution in [0.15, 0.2) is 35.5 Å². The van der Waals surface area contributed by atoms with Crippen molar-refractivity contribution in [3.05, 3.63) is 36.3 Å². The van der Waals surface area contributed by atoms with Crippen LogP contribution in [-0.2, 0) is 16.4 Å². The van der Waals surface area contributed by atoms with Crippen molar-refractivity contribution in [3.8, 4) is 0 Å². The average Bonchev–Trinajstić information content (AvgIpc) is 2.87. The maximum atomic E-state index is 12.2. The molecule has 1 aromatic heterocycles. The number of carbonyl (C=O) groups is 1. The maximum absolute atomic E-state index is 12.2. The molecule has 2 aromatic rings. The van der Waals surface area contributed by atoms with Crippen LogP contribution >= 0.6 is 0 Å². The number of primary amides is 1. The van der Waals surface area contributed by atoms with Gasteiger partial charge in [0.1, 0.15) is 5.82 Å². The van der Waals surface area contributed by atoms with E-state index in [2.05, 4.69) is 20.0 Å². The third-order valence-electron chi connectivity index (χ3n) is 2.61. The summed E-state index contributed by atoms with van der Waals surface area (Å²) in [6.07, 6.45) is 1.86. The van der Waals surface area contributed by atoms with Crippen LogP contribution in [0, 0.1) is 0 Å². The second-order valence-electron chi connectivity index (χ2n) is 4.22. The number of nitrogens with zero attached hydrogens (tertiary/aromatic N) is 1. The molecular weight excluding hydrogens is 294 g/mol. The van der Waals surface area contributed by atoms with E-state index in [9.17, 15) is 13.2 Å². The van der Waals surface area contributed by atoms with Crippen LogP contribution in [0.5, 0.6) is 0 Å². The first kappa shape index (κ1) is 14.9. The van der Waals surface area contributed by atoms with Crippen LogP contribution in [-0.4, -0.2) is 24.4 Å². The summed E-state index contributed by atoms with van der Waals surface area (Å²) in [6.45, 7) is 1.86. The van der Waals surface area contributed by atoms with Gasteiger partial charge in [0, 0.05) is 12.1 Å². The summed E-state index contributed by atoms with van der Waals surface area (Å²) in [6, 6.07) is 5.47. The van der Waals surface area contributed by atoms with Crippen LogP contribution in [0.4, 0.5) is 16.2 Å². The van der Waals surface area contributed by atoms with E-state index in [1.807, 2.05) is 6.92 Å². The zero-order valence-corrected chi connectivity index (χ0v) is 12.1. The molecule has 5 N–H and O–H groups in total. The first-order chi connectivity index (χ1) is 9.90. The fourth-order valence-corrected chi connectivity index (χ4v) is 2.66. The normalized spacial score (nSPS) is 11.1. The molecule has 8 nitrogen and oxygen atoms in total. The molecule has 0 aliphatic rings. The van der Waals surface area contributed by atoms with E-state index in [4.69, 9.17) is 5.73 Å². The van der Waals surface area contributed by atoms with E-state index in [-0.39, 0.29) is 5.03 Å². The number of anilines is 2. The number of hydrogen-bond acceptors (Lipinski definition) is 4. The molecular formula is C12H15N5O3S. The lowest BCUT2D eigenvalue weighted by Gasteiger charge is -2.08. The molecule has 21 heavy (non-hydrogen) atoms. The van der Waals surface area contributed by atoms with Crippen molar-refractivity contribution in [1.29, 1.82) is 0 Å². The van der Waals surface area contributed by atoms with Crippen LogP contribution in [0.3, 0.4) is 0 Å². The number of nitrogens with two attached hydrogens (primary N) is 1. The smallest absolute Gasteiger partial charge is 0.316 e. The van der Waals surface area contributed by atoms with Gasteiger partial charge in [-0.25, -0.2) is 9.78 Å². The first-order valence-electron chi connectivity index (χ1n) is 6.14. The predicted molar refractivity (Wildman–Crippen MR) is 78.4 cm³/mol. The lowest BCUT2D eigenvalue weighted by molar-refractivity contribution is 0.259. The van der Waals surface area contributed by atoms with Gasteiger partial charge in [0.05, 0.1) is 11.9 Å². The van der Waals surface area contributed by atoms with Gasteiger partial charge in [-0.15, -0.1) is 0 Å². The first-order valence-corrected chi connectivity index (χ1v) is 7.62. The number of hydrogen-bond donors (Lipinski definition) is 4. The number of benzene rings is 1. The van der Waals surface area contributed by atoms with E-state index < -0.39 is 16.1 Å². The molecule has 112 valence electrons. The van der Waals surface area contributed by atoms with Crippen LogP contribution in [0.1, 0.15) is 12.7 Å². The zero-order valence-electron chi connectivity index (χ0n) is 11.3. The van der Waals surface area contributed by atoms with E-state index in [1.54, 1.807) is 18.2 Å². The summed E-state index contributed by atoms with van der Waals surface area (Å²) in [7, 11) is -3.76. The van der Waals surface area contributed by atoms with Gasteiger partial charge in [0.15, 0.2) is 5.03 Å². The molecule has 0 atom stereocenters. The third kappa shape index (κ3) is 3.72. The Morgan fingerprint density at radius 3 is 2.71 bits per heavy atom.